The predicted octanol–water partition coefficient (Wildman–Crippen LogP) is 9.77. The first-order valence-corrected chi connectivity index (χ1v) is 15.9. The Bertz CT molecular complexity index is 1500. The zero-order chi connectivity index (χ0) is 30.3. The van der Waals surface area contributed by atoms with Crippen molar-refractivity contribution in [2.45, 2.75) is 59.6 Å². The minimum atomic E-state index is 0.543. The molecule has 222 valence electrons. The molecule has 0 atom stereocenters. The fraction of sp³-hybridized carbons (Fsp3) is 0.263. The number of nitrogens with zero attached hydrogens (tertiary/aromatic N) is 3. The maximum atomic E-state index is 6.08. The molecule has 0 amide bonds. The van der Waals surface area contributed by atoms with Crippen LogP contribution < -0.4 is 9.64 Å². The number of anilines is 1. The highest BCUT2D eigenvalue weighted by Gasteiger charge is 2.14. The van der Waals surface area contributed by atoms with Crippen LogP contribution in [0.1, 0.15) is 61.6 Å². The molecule has 0 unspecified atom stereocenters. The molecule has 0 bridgehead atoms. The van der Waals surface area contributed by atoms with Gasteiger partial charge in [0, 0.05) is 24.7 Å². The van der Waals surface area contributed by atoms with E-state index < -0.39 is 0 Å². The number of aliphatic imine (C=N–C) groups is 1. The van der Waals surface area contributed by atoms with E-state index in [4.69, 9.17) is 9.72 Å². The van der Waals surface area contributed by atoms with Crippen molar-refractivity contribution in [2.75, 3.05) is 11.4 Å². The van der Waals surface area contributed by atoms with Gasteiger partial charge in [-0.05, 0) is 80.0 Å². The number of allylic oxidation sites excluding steroid dienone is 4. The third-order valence-corrected chi connectivity index (χ3v) is 8.20. The Hall–Kier alpha value is -4.22. The van der Waals surface area contributed by atoms with Crippen LogP contribution in [0.3, 0.4) is 0 Å². The first kappa shape index (κ1) is 31.7. The molecule has 1 aromatic heterocycles. The van der Waals surface area contributed by atoms with Crippen LogP contribution >= 0.6 is 11.3 Å². The van der Waals surface area contributed by atoms with E-state index in [0.717, 1.165) is 66.6 Å². The molecule has 43 heavy (non-hydrogen) atoms. The molecule has 1 heterocycles. The summed E-state index contributed by atoms with van der Waals surface area (Å²) in [6, 6.07) is 27.8. The lowest BCUT2D eigenvalue weighted by atomic mass is 10.0. The summed E-state index contributed by atoms with van der Waals surface area (Å²) in [6.07, 6.45) is 11.8. The molecule has 0 fully saturated rings. The van der Waals surface area contributed by atoms with E-state index in [1.165, 1.54) is 22.3 Å². The number of hydrogen-bond donors (Lipinski definition) is 0. The molecule has 0 spiro atoms. The third kappa shape index (κ3) is 10.5. The van der Waals surface area contributed by atoms with Crippen molar-refractivity contribution in [3.05, 3.63) is 149 Å². The summed E-state index contributed by atoms with van der Waals surface area (Å²) in [5, 5.41) is 3.11. The molecular weight excluding hydrogens is 547 g/mol. The van der Waals surface area contributed by atoms with Crippen LogP contribution in [-0.2, 0) is 26.0 Å². The summed E-state index contributed by atoms with van der Waals surface area (Å²) in [5.41, 5.74) is 8.16. The normalized spacial score (nSPS) is 11.8. The molecule has 4 nitrogen and oxygen atoms in total. The molecule has 4 aromatic rings. The van der Waals surface area contributed by atoms with E-state index in [0.29, 0.717) is 6.61 Å². The van der Waals surface area contributed by atoms with E-state index in [1.54, 1.807) is 11.3 Å². The molecule has 0 radical (unpaired) electrons. The van der Waals surface area contributed by atoms with Gasteiger partial charge in [0.1, 0.15) is 12.4 Å². The van der Waals surface area contributed by atoms with Gasteiger partial charge in [-0.25, -0.2) is 4.98 Å². The van der Waals surface area contributed by atoms with Gasteiger partial charge in [0.05, 0.1) is 11.4 Å². The highest BCUT2D eigenvalue weighted by Crippen LogP contribution is 2.24. The topological polar surface area (TPSA) is 37.7 Å². The Balaban J connectivity index is 1.39. The van der Waals surface area contributed by atoms with Crippen molar-refractivity contribution in [3.8, 4) is 5.75 Å². The number of hydrogen-bond acceptors (Lipinski definition) is 5. The summed E-state index contributed by atoms with van der Waals surface area (Å²) < 4.78 is 6.08. The number of benzene rings is 3. The summed E-state index contributed by atoms with van der Waals surface area (Å²) in [5.74, 6) is 0.893. The van der Waals surface area contributed by atoms with Crippen LogP contribution in [0.5, 0.6) is 5.75 Å². The molecule has 3 aromatic carbocycles. The summed E-state index contributed by atoms with van der Waals surface area (Å²) in [4.78, 5) is 11.9. The average molecular weight is 590 g/mol. The van der Waals surface area contributed by atoms with E-state index in [2.05, 4.69) is 108 Å². The van der Waals surface area contributed by atoms with Gasteiger partial charge in [-0.3, -0.25) is 4.99 Å². The van der Waals surface area contributed by atoms with Crippen molar-refractivity contribution < 1.29 is 4.74 Å². The molecule has 0 aliphatic rings. The lowest BCUT2D eigenvalue weighted by molar-refractivity contribution is 0.306. The SMILES string of the molecule is C=C(CC)CCc1ccc(OCc2ccc(CN(CCc3ccccc3)c3nc(C(C)=N/C=C\C=C/C)cs3)cc2)cc1. The Morgan fingerprint density at radius 3 is 2.33 bits per heavy atom. The zero-order valence-electron chi connectivity index (χ0n) is 25.7. The Kier molecular flexibility index (Phi) is 12.6. The van der Waals surface area contributed by atoms with Gasteiger partial charge in [-0.15, -0.1) is 11.3 Å². The monoisotopic (exact) mass is 589 g/mol. The maximum Gasteiger partial charge on any atom is 0.186 e. The quantitative estimate of drug-likeness (QED) is 0.0742. The summed E-state index contributed by atoms with van der Waals surface area (Å²) >= 11 is 1.67. The minimum absolute atomic E-state index is 0.543. The Labute approximate surface area is 261 Å². The average Bonchev–Trinajstić information content (AvgIpc) is 3.55. The highest BCUT2D eigenvalue weighted by molar-refractivity contribution is 7.13. The lowest BCUT2D eigenvalue weighted by Gasteiger charge is -2.22. The van der Waals surface area contributed by atoms with Crippen LogP contribution in [0.25, 0.3) is 0 Å². The van der Waals surface area contributed by atoms with Crippen molar-refractivity contribution in [3.63, 3.8) is 0 Å². The fourth-order valence-electron chi connectivity index (χ4n) is 4.49. The number of aromatic nitrogens is 1. The highest BCUT2D eigenvalue weighted by atomic mass is 32.1. The standard InChI is InChI=1S/C38H43N3OS/c1-5-7-11-25-39-31(4)37-29-43-38(40-37)41(26-24-32-12-9-8-10-13-32)27-34-16-18-35(19-17-34)28-42-36-22-20-33(21-23-36)15-14-30(3)6-2/h5,7-13,16-23,25,29H,3,6,14-15,24,26-28H2,1-2,4H3/b7-5-,25-11-,39-31?. The van der Waals surface area contributed by atoms with Gasteiger partial charge < -0.3 is 9.64 Å². The lowest BCUT2D eigenvalue weighted by Crippen LogP contribution is -2.25. The van der Waals surface area contributed by atoms with Crippen LogP contribution in [0.4, 0.5) is 5.13 Å². The van der Waals surface area contributed by atoms with E-state index in [-0.39, 0.29) is 0 Å². The van der Waals surface area contributed by atoms with Crippen molar-refractivity contribution in [2.24, 2.45) is 4.99 Å². The van der Waals surface area contributed by atoms with Crippen LogP contribution in [-0.4, -0.2) is 17.2 Å². The molecule has 5 heteroatoms. The third-order valence-electron chi connectivity index (χ3n) is 7.30. The van der Waals surface area contributed by atoms with E-state index in [1.807, 2.05) is 38.3 Å². The summed E-state index contributed by atoms with van der Waals surface area (Å²) in [7, 11) is 0. The van der Waals surface area contributed by atoms with Gasteiger partial charge in [0.25, 0.3) is 0 Å². The van der Waals surface area contributed by atoms with Gasteiger partial charge >= 0.3 is 0 Å². The molecular formula is C38H43N3OS. The van der Waals surface area contributed by atoms with Crippen molar-refractivity contribution in [1.82, 2.24) is 4.98 Å². The Morgan fingerprint density at radius 1 is 0.907 bits per heavy atom. The second kappa shape index (κ2) is 17.0. The number of thiazole rings is 1. The molecule has 0 aliphatic carbocycles. The van der Waals surface area contributed by atoms with Crippen LogP contribution in [0.2, 0.25) is 0 Å². The summed E-state index contributed by atoms with van der Waals surface area (Å²) in [6.45, 7) is 12.5. The molecule has 0 N–H and O–H groups in total. The first-order valence-electron chi connectivity index (χ1n) is 15.1. The van der Waals surface area contributed by atoms with Crippen LogP contribution in [0, 0.1) is 0 Å². The minimum Gasteiger partial charge on any atom is -0.489 e. The smallest absolute Gasteiger partial charge is 0.186 e. The number of rotatable bonds is 16. The van der Waals surface area contributed by atoms with E-state index in [9.17, 15) is 0 Å². The number of aryl methyl sites for hydroxylation is 1. The predicted molar refractivity (Wildman–Crippen MR) is 184 cm³/mol. The van der Waals surface area contributed by atoms with Gasteiger partial charge in [-0.2, -0.15) is 0 Å². The molecule has 4 rings (SSSR count). The molecule has 0 saturated heterocycles. The van der Waals surface area contributed by atoms with E-state index >= 15 is 0 Å². The van der Waals surface area contributed by atoms with Gasteiger partial charge in [0.2, 0.25) is 0 Å². The van der Waals surface area contributed by atoms with Crippen molar-refractivity contribution in [1.29, 1.82) is 0 Å². The van der Waals surface area contributed by atoms with Crippen LogP contribution in [0.15, 0.2) is 126 Å². The Morgan fingerprint density at radius 2 is 1.60 bits per heavy atom. The largest absolute Gasteiger partial charge is 0.489 e. The van der Waals surface area contributed by atoms with Gasteiger partial charge in [-0.1, -0.05) is 98.0 Å². The zero-order valence-corrected chi connectivity index (χ0v) is 26.5. The van der Waals surface area contributed by atoms with Crippen molar-refractivity contribution >= 4 is 22.2 Å². The first-order chi connectivity index (χ1) is 21.0. The number of ether oxygens (including phenoxy) is 1. The fourth-order valence-corrected chi connectivity index (χ4v) is 5.38. The molecule has 0 saturated carbocycles. The maximum absolute atomic E-state index is 6.08. The molecule has 0 aliphatic heterocycles. The second-order valence-corrected chi connectivity index (χ2v) is 11.4. The van der Waals surface area contributed by atoms with Gasteiger partial charge in [0.15, 0.2) is 5.13 Å². The second-order valence-electron chi connectivity index (χ2n) is 10.6.